The Morgan fingerprint density at radius 1 is 1.40 bits per heavy atom. The normalized spacial score (nSPS) is 11.1. The summed E-state index contributed by atoms with van der Waals surface area (Å²) < 4.78 is 5.75. The number of rotatable bonds is 4. The van der Waals surface area contributed by atoms with Crippen molar-refractivity contribution in [1.82, 2.24) is 5.32 Å². The molecule has 0 saturated carbocycles. The molecule has 2 aromatic rings. The molecule has 0 aliphatic rings. The maximum atomic E-state index is 5.75. The van der Waals surface area contributed by atoms with Gasteiger partial charge in [-0.25, -0.2) is 0 Å². The van der Waals surface area contributed by atoms with E-state index >= 15 is 0 Å². The molecular weight excluding hydrogens is 188 g/mol. The highest BCUT2D eigenvalue weighted by Crippen LogP contribution is 2.22. The van der Waals surface area contributed by atoms with Gasteiger partial charge < -0.3 is 15.5 Å². The van der Waals surface area contributed by atoms with Crippen LogP contribution in [0.3, 0.4) is 0 Å². The maximum Gasteiger partial charge on any atom is 0.138 e. The maximum absolute atomic E-state index is 5.75. The van der Waals surface area contributed by atoms with Crippen LogP contribution in [-0.4, -0.2) is 6.54 Å². The second-order valence-corrected chi connectivity index (χ2v) is 3.53. The van der Waals surface area contributed by atoms with Gasteiger partial charge in [0.2, 0.25) is 0 Å². The van der Waals surface area contributed by atoms with Gasteiger partial charge in [-0.15, -0.1) is 0 Å². The minimum absolute atomic E-state index is 0.519. The van der Waals surface area contributed by atoms with E-state index < -0.39 is 0 Å². The second kappa shape index (κ2) is 4.47. The molecule has 2 rings (SSSR count). The highest BCUT2D eigenvalue weighted by molar-refractivity contribution is 5.81. The zero-order valence-electron chi connectivity index (χ0n) is 8.92. The fourth-order valence-corrected chi connectivity index (χ4v) is 1.67. The predicted octanol–water partition coefficient (Wildman–Crippen LogP) is 2.00. The molecule has 0 radical (unpaired) electrons. The lowest BCUT2D eigenvalue weighted by Crippen LogP contribution is -2.10. The lowest BCUT2D eigenvalue weighted by Gasteiger charge is -1.97. The zero-order chi connectivity index (χ0) is 10.7. The van der Waals surface area contributed by atoms with Gasteiger partial charge in [0, 0.05) is 17.5 Å². The Labute approximate surface area is 89.3 Å². The van der Waals surface area contributed by atoms with Crippen LogP contribution in [0.25, 0.3) is 11.0 Å². The molecule has 0 amide bonds. The standard InChI is InChI=1S/C12H16N2O/c1-2-14-8-11-6-9-4-3-5-10(7-13)12(9)15-11/h3-6,14H,2,7-8,13H2,1H3. The third-order valence-corrected chi connectivity index (χ3v) is 2.45. The van der Waals surface area contributed by atoms with Crippen molar-refractivity contribution in [2.75, 3.05) is 6.54 Å². The Bertz CT molecular complexity index is 448. The van der Waals surface area contributed by atoms with Gasteiger partial charge in [0.05, 0.1) is 6.54 Å². The monoisotopic (exact) mass is 204 g/mol. The molecule has 3 N–H and O–H groups in total. The van der Waals surface area contributed by atoms with Crippen LogP contribution >= 0.6 is 0 Å². The van der Waals surface area contributed by atoms with E-state index in [9.17, 15) is 0 Å². The van der Waals surface area contributed by atoms with Crippen LogP contribution in [0.2, 0.25) is 0 Å². The molecular formula is C12H16N2O. The molecule has 0 unspecified atom stereocenters. The van der Waals surface area contributed by atoms with E-state index in [4.69, 9.17) is 10.2 Å². The van der Waals surface area contributed by atoms with Gasteiger partial charge in [0.1, 0.15) is 11.3 Å². The van der Waals surface area contributed by atoms with Crippen molar-refractivity contribution in [3.63, 3.8) is 0 Å². The van der Waals surface area contributed by atoms with E-state index in [2.05, 4.69) is 18.3 Å². The summed E-state index contributed by atoms with van der Waals surface area (Å²) in [5, 5.41) is 4.37. The fourth-order valence-electron chi connectivity index (χ4n) is 1.67. The summed E-state index contributed by atoms with van der Waals surface area (Å²) in [7, 11) is 0. The summed E-state index contributed by atoms with van der Waals surface area (Å²) in [5.74, 6) is 0.966. The lowest BCUT2D eigenvalue weighted by molar-refractivity contribution is 0.517. The molecule has 3 nitrogen and oxygen atoms in total. The molecule has 1 heterocycles. The fraction of sp³-hybridized carbons (Fsp3) is 0.333. The second-order valence-electron chi connectivity index (χ2n) is 3.53. The SMILES string of the molecule is CCNCc1cc2cccc(CN)c2o1. The minimum atomic E-state index is 0.519. The minimum Gasteiger partial charge on any atom is -0.459 e. The highest BCUT2D eigenvalue weighted by atomic mass is 16.3. The van der Waals surface area contributed by atoms with Crippen molar-refractivity contribution in [3.05, 3.63) is 35.6 Å². The largest absolute Gasteiger partial charge is 0.459 e. The van der Waals surface area contributed by atoms with Crippen molar-refractivity contribution in [2.24, 2.45) is 5.73 Å². The van der Waals surface area contributed by atoms with Gasteiger partial charge in [-0.3, -0.25) is 0 Å². The Kier molecular flexibility index (Phi) is 3.04. The number of hydrogen-bond acceptors (Lipinski definition) is 3. The first kappa shape index (κ1) is 10.2. The van der Waals surface area contributed by atoms with Crippen molar-refractivity contribution >= 4 is 11.0 Å². The quantitative estimate of drug-likeness (QED) is 0.801. The van der Waals surface area contributed by atoms with Gasteiger partial charge in [0.25, 0.3) is 0 Å². The summed E-state index contributed by atoms with van der Waals surface area (Å²) in [6.07, 6.45) is 0. The third-order valence-electron chi connectivity index (χ3n) is 2.45. The Morgan fingerprint density at radius 2 is 2.27 bits per heavy atom. The van der Waals surface area contributed by atoms with Crippen molar-refractivity contribution in [1.29, 1.82) is 0 Å². The van der Waals surface area contributed by atoms with Gasteiger partial charge in [-0.1, -0.05) is 25.1 Å². The van der Waals surface area contributed by atoms with E-state index in [-0.39, 0.29) is 0 Å². The molecule has 15 heavy (non-hydrogen) atoms. The molecule has 0 atom stereocenters. The number of furan rings is 1. The summed E-state index contributed by atoms with van der Waals surface area (Å²) in [6.45, 7) is 4.31. The van der Waals surface area contributed by atoms with E-state index in [0.717, 1.165) is 35.4 Å². The first-order chi connectivity index (χ1) is 7.35. The van der Waals surface area contributed by atoms with Crippen LogP contribution in [0.5, 0.6) is 0 Å². The van der Waals surface area contributed by atoms with Crippen LogP contribution in [0.15, 0.2) is 28.7 Å². The topological polar surface area (TPSA) is 51.2 Å². The Balaban J connectivity index is 2.37. The summed E-state index contributed by atoms with van der Waals surface area (Å²) >= 11 is 0. The summed E-state index contributed by atoms with van der Waals surface area (Å²) in [5.41, 5.74) is 7.64. The molecule has 0 aliphatic heterocycles. The van der Waals surface area contributed by atoms with Crippen LogP contribution in [0.1, 0.15) is 18.2 Å². The third kappa shape index (κ3) is 2.03. The van der Waals surface area contributed by atoms with Crippen LogP contribution < -0.4 is 11.1 Å². The van der Waals surface area contributed by atoms with Gasteiger partial charge >= 0.3 is 0 Å². The molecule has 1 aromatic carbocycles. The summed E-state index contributed by atoms with van der Waals surface area (Å²) in [6, 6.07) is 8.13. The number of para-hydroxylation sites is 1. The molecule has 80 valence electrons. The molecule has 0 saturated heterocycles. The Hall–Kier alpha value is -1.32. The van der Waals surface area contributed by atoms with Crippen LogP contribution in [-0.2, 0) is 13.1 Å². The van der Waals surface area contributed by atoms with Crippen LogP contribution in [0, 0.1) is 0 Å². The van der Waals surface area contributed by atoms with E-state index in [0.29, 0.717) is 6.54 Å². The van der Waals surface area contributed by atoms with Gasteiger partial charge in [0.15, 0.2) is 0 Å². The number of benzene rings is 1. The highest BCUT2D eigenvalue weighted by Gasteiger charge is 2.06. The van der Waals surface area contributed by atoms with E-state index in [1.165, 1.54) is 0 Å². The number of nitrogens with two attached hydrogens (primary N) is 1. The molecule has 0 fully saturated rings. The lowest BCUT2D eigenvalue weighted by atomic mass is 10.1. The smallest absolute Gasteiger partial charge is 0.138 e. The molecule has 0 bridgehead atoms. The molecule has 0 spiro atoms. The predicted molar refractivity (Wildman–Crippen MR) is 61.5 cm³/mol. The van der Waals surface area contributed by atoms with Crippen LogP contribution in [0.4, 0.5) is 0 Å². The van der Waals surface area contributed by atoms with E-state index in [1.807, 2.05) is 18.2 Å². The van der Waals surface area contributed by atoms with E-state index in [1.54, 1.807) is 0 Å². The Morgan fingerprint density at radius 3 is 3.00 bits per heavy atom. The van der Waals surface area contributed by atoms with Gasteiger partial charge in [-0.05, 0) is 12.6 Å². The number of fused-ring (bicyclic) bond motifs is 1. The molecule has 3 heteroatoms. The van der Waals surface area contributed by atoms with Crippen molar-refractivity contribution < 1.29 is 4.42 Å². The number of hydrogen-bond donors (Lipinski definition) is 2. The van der Waals surface area contributed by atoms with Gasteiger partial charge in [-0.2, -0.15) is 0 Å². The molecule has 1 aromatic heterocycles. The first-order valence-electron chi connectivity index (χ1n) is 5.26. The van der Waals surface area contributed by atoms with Crippen molar-refractivity contribution in [3.8, 4) is 0 Å². The zero-order valence-corrected chi connectivity index (χ0v) is 8.92. The number of nitrogens with one attached hydrogen (secondary N) is 1. The molecule has 0 aliphatic carbocycles. The average molecular weight is 204 g/mol. The van der Waals surface area contributed by atoms with Crippen molar-refractivity contribution in [2.45, 2.75) is 20.0 Å². The summed E-state index contributed by atoms with van der Waals surface area (Å²) in [4.78, 5) is 0. The first-order valence-corrected chi connectivity index (χ1v) is 5.26. The average Bonchev–Trinajstić information content (AvgIpc) is 2.68.